The van der Waals surface area contributed by atoms with Crippen LogP contribution in [0.15, 0.2) is 67.1 Å². The molecule has 10 heteroatoms. The monoisotopic (exact) mass is 530 g/mol. The fraction of sp³-hybridized carbons (Fsp3) is 0.214. The summed E-state index contributed by atoms with van der Waals surface area (Å²) in [6.07, 6.45) is 8.37. The highest BCUT2D eigenvalue weighted by molar-refractivity contribution is 6.34. The lowest BCUT2D eigenvalue weighted by atomic mass is 9.95. The van der Waals surface area contributed by atoms with Crippen molar-refractivity contribution in [1.82, 2.24) is 19.5 Å². The summed E-state index contributed by atoms with van der Waals surface area (Å²) in [6, 6.07) is 17.8. The zero-order chi connectivity index (χ0) is 26.6. The Kier molecular flexibility index (Phi) is 7.28. The minimum atomic E-state index is -1.33. The Morgan fingerprint density at radius 2 is 1.76 bits per heavy atom. The number of nitrogens with two attached hydrogens (primary N) is 2. The number of amides is 1. The lowest BCUT2D eigenvalue weighted by Crippen LogP contribution is -2.12. The van der Waals surface area contributed by atoms with Crippen molar-refractivity contribution in [2.45, 2.75) is 38.1 Å². The van der Waals surface area contributed by atoms with E-state index in [0.29, 0.717) is 22.8 Å². The van der Waals surface area contributed by atoms with E-state index >= 15 is 0 Å². The first-order chi connectivity index (χ1) is 18.4. The molecule has 0 aliphatic heterocycles. The number of aromatic nitrogens is 4. The van der Waals surface area contributed by atoms with Gasteiger partial charge in [-0.1, -0.05) is 49.1 Å². The molecule has 1 fully saturated rings. The topological polar surface area (TPSA) is 142 Å². The second-order valence-corrected chi connectivity index (χ2v) is 9.53. The van der Waals surface area contributed by atoms with Crippen molar-refractivity contribution in [3.63, 3.8) is 0 Å². The van der Waals surface area contributed by atoms with Crippen LogP contribution in [-0.4, -0.2) is 30.7 Å². The molecule has 3 aromatic heterocycles. The van der Waals surface area contributed by atoms with Gasteiger partial charge in [-0.15, -0.1) is 0 Å². The maximum atomic E-state index is 8.78. The van der Waals surface area contributed by atoms with Crippen LogP contribution < -0.4 is 16.2 Å². The molecule has 1 amide bonds. The van der Waals surface area contributed by atoms with Gasteiger partial charge in [0.2, 0.25) is 5.88 Å². The van der Waals surface area contributed by atoms with E-state index < -0.39 is 6.09 Å². The summed E-state index contributed by atoms with van der Waals surface area (Å²) >= 11 is 6.81. The van der Waals surface area contributed by atoms with E-state index in [1.54, 1.807) is 0 Å². The van der Waals surface area contributed by atoms with Crippen LogP contribution in [0.25, 0.3) is 33.1 Å². The second-order valence-electron chi connectivity index (χ2n) is 9.13. The van der Waals surface area contributed by atoms with E-state index in [1.807, 2.05) is 54.6 Å². The average Bonchev–Trinajstić information content (AvgIpc) is 3.30. The number of ether oxygens (including phenoxy) is 1. The highest BCUT2D eigenvalue weighted by Crippen LogP contribution is 2.41. The Labute approximate surface area is 224 Å². The molecule has 5 N–H and O–H groups in total. The highest BCUT2D eigenvalue weighted by atomic mass is 35.5. The largest absolute Gasteiger partial charge is 0.465 e. The molecule has 0 unspecified atom stereocenters. The first-order valence-electron chi connectivity index (χ1n) is 12.3. The summed E-state index contributed by atoms with van der Waals surface area (Å²) in [4.78, 5) is 22.4. The first kappa shape index (κ1) is 25.3. The van der Waals surface area contributed by atoms with Crippen molar-refractivity contribution >= 4 is 45.4 Å². The fourth-order valence-corrected chi connectivity index (χ4v) is 5.22. The number of nitrogen functional groups attached to an aromatic ring is 1. The normalized spacial score (nSPS) is 13.7. The van der Waals surface area contributed by atoms with Gasteiger partial charge in [0.15, 0.2) is 0 Å². The van der Waals surface area contributed by atoms with Crippen molar-refractivity contribution in [1.29, 1.82) is 0 Å². The van der Waals surface area contributed by atoms with E-state index in [4.69, 9.17) is 37.0 Å². The molecule has 0 saturated heterocycles. The summed E-state index contributed by atoms with van der Waals surface area (Å²) in [6.45, 7) is 0. The SMILES string of the molecule is NC(=O)O.Nc1ncnc2c1c(-c1cc3nc(Oc4ccccc4)ccc3cc1Cl)cn2C1CCCCC1. The molecule has 38 heavy (non-hydrogen) atoms. The first-order valence-corrected chi connectivity index (χ1v) is 12.7. The summed E-state index contributed by atoms with van der Waals surface area (Å²) in [5, 5.41) is 9.61. The number of pyridine rings is 1. The van der Waals surface area contributed by atoms with Crippen molar-refractivity contribution < 1.29 is 14.6 Å². The molecule has 3 heterocycles. The van der Waals surface area contributed by atoms with Gasteiger partial charge in [-0.3, -0.25) is 0 Å². The van der Waals surface area contributed by atoms with Crippen LogP contribution in [-0.2, 0) is 0 Å². The van der Waals surface area contributed by atoms with Gasteiger partial charge < -0.3 is 25.9 Å². The van der Waals surface area contributed by atoms with Crippen molar-refractivity contribution in [3.05, 3.63) is 72.1 Å². The molecule has 1 saturated carbocycles. The number of benzene rings is 2. The number of halogens is 1. The molecule has 6 rings (SSSR count). The van der Waals surface area contributed by atoms with E-state index in [9.17, 15) is 0 Å². The molecule has 0 spiro atoms. The van der Waals surface area contributed by atoms with Gasteiger partial charge in [-0.05, 0) is 43.2 Å². The van der Waals surface area contributed by atoms with Crippen LogP contribution in [0.5, 0.6) is 11.6 Å². The number of hydrogen-bond donors (Lipinski definition) is 3. The number of fused-ring (bicyclic) bond motifs is 2. The van der Waals surface area contributed by atoms with E-state index in [0.717, 1.165) is 51.7 Å². The zero-order valence-corrected chi connectivity index (χ0v) is 21.3. The predicted molar refractivity (Wildman–Crippen MR) is 149 cm³/mol. The number of carbonyl (C=O) groups is 1. The maximum Gasteiger partial charge on any atom is 0.402 e. The number of para-hydroxylation sites is 1. The van der Waals surface area contributed by atoms with Crippen molar-refractivity contribution in [3.8, 4) is 22.8 Å². The summed E-state index contributed by atoms with van der Waals surface area (Å²) < 4.78 is 8.22. The van der Waals surface area contributed by atoms with Crippen LogP contribution in [0.4, 0.5) is 10.6 Å². The van der Waals surface area contributed by atoms with Crippen LogP contribution >= 0.6 is 11.6 Å². The molecule has 0 bridgehead atoms. The summed E-state index contributed by atoms with van der Waals surface area (Å²) in [7, 11) is 0. The second kappa shape index (κ2) is 10.9. The molecular weight excluding hydrogens is 504 g/mol. The molecule has 194 valence electrons. The predicted octanol–water partition coefficient (Wildman–Crippen LogP) is 6.80. The van der Waals surface area contributed by atoms with Crippen LogP contribution in [0.1, 0.15) is 38.1 Å². The third-order valence-corrected chi connectivity index (χ3v) is 6.93. The quantitative estimate of drug-likeness (QED) is 0.232. The number of rotatable bonds is 4. The minimum Gasteiger partial charge on any atom is -0.465 e. The Bertz CT molecular complexity index is 1600. The Morgan fingerprint density at radius 3 is 2.50 bits per heavy atom. The van der Waals surface area contributed by atoms with E-state index in [1.165, 1.54) is 25.6 Å². The average molecular weight is 531 g/mol. The Balaban J connectivity index is 0.000000689. The summed E-state index contributed by atoms with van der Waals surface area (Å²) in [5.74, 6) is 1.73. The molecule has 1 aliphatic carbocycles. The number of anilines is 1. The Hall–Kier alpha value is -4.37. The van der Waals surface area contributed by atoms with Gasteiger partial charge in [0.25, 0.3) is 0 Å². The number of hydrogen-bond acceptors (Lipinski definition) is 6. The maximum absolute atomic E-state index is 8.78. The van der Waals surface area contributed by atoms with Gasteiger partial charge in [0.1, 0.15) is 23.5 Å². The molecule has 0 radical (unpaired) electrons. The van der Waals surface area contributed by atoms with Crippen molar-refractivity contribution in [2.24, 2.45) is 5.73 Å². The van der Waals surface area contributed by atoms with Gasteiger partial charge in [0.05, 0.1) is 10.9 Å². The van der Waals surface area contributed by atoms with Gasteiger partial charge >= 0.3 is 6.09 Å². The smallest absolute Gasteiger partial charge is 0.402 e. The minimum absolute atomic E-state index is 0.405. The molecule has 1 aliphatic rings. The molecule has 5 aromatic rings. The third kappa shape index (κ3) is 5.33. The highest BCUT2D eigenvalue weighted by Gasteiger charge is 2.23. The van der Waals surface area contributed by atoms with Gasteiger partial charge in [-0.2, -0.15) is 0 Å². The van der Waals surface area contributed by atoms with Gasteiger partial charge in [0, 0.05) is 39.8 Å². The lowest BCUT2D eigenvalue weighted by molar-refractivity contribution is 0.205. The molecule has 2 aromatic carbocycles. The van der Waals surface area contributed by atoms with E-state index in [-0.39, 0.29) is 0 Å². The van der Waals surface area contributed by atoms with Crippen molar-refractivity contribution in [2.75, 3.05) is 5.73 Å². The third-order valence-electron chi connectivity index (χ3n) is 6.62. The summed E-state index contributed by atoms with van der Waals surface area (Å²) in [5.41, 5.74) is 13.8. The molecule has 9 nitrogen and oxygen atoms in total. The van der Waals surface area contributed by atoms with Crippen LogP contribution in [0, 0.1) is 0 Å². The van der Waals surface area contributed by atoms with Gasteiger partial charge in [-0.25, -0.2) is 19.7 Å². The molecular formula is C28H27ClN6O3. The number of carboxylic acid groups (broad SMARTS) is 1. The standard InChI is InChI=1S/C27H24ClN5O.CH3NO2/c28-22-13-17-11-12-24(34-19-9-5-2-6-10-19)32-23(17)14-20(22)21-15-33(18-7-3-1-4-8-18)27-25(21)26(29)30-16-31-27;2-1(3)4/h2,5-6,9-16,18H,1,3-4,7-8H2,(H2,29,30,31);2H2,(H,3,4). The molecule has 0 atom stereocenters. The number of nitrogens with zero attached hydrogens (tertiary/aromatic N) is 4. The van der Waals surface area contributed by atoms with Crippen LogP contribution in [0.3, 0.4) is 0 Å². The van der Waals surface area contributed by atoms with Crippen LogP contribution in [0.2, 0.25) is 5.02 Å². The Morgan fingerprint density at radius 1 is 1.03 bits per heavy atom. The van der Waals surface area contributed by atoms with E-state index in [2.05, 4.69) is 26.5 Å². The number of primary amides is 1. The fourth-order valence-electron chi connectivity index (χ4n) is 4.95. The lowest BCUT2D eigenvalue weighted by Gasteiger charge is -2.23. The zero-order valence-electron chi connectivity index (χ0n) is 20.5.